The Hall–Kier alpha value is -1.93. The Morgan fingerprint density at radius 3 is 1.89 bits per heavy atom. The van der Waals surface area contributed by atoms with Crippen LogP contribution in [-0.4, -0.2) is 9.97 Å². The van der Waals surface area contributed by atoms with Crippen LogP contribution in [-0.2, 0) is 0 Å². The second-order valence-electron chi connectivity index (χ2n) is 4.21. The molecule has 3 heteroatoms. The number of benzene rings is 1. The topological polar surface area (TPSA) is 31.6 Å². The lowest BCUT2D eigenvalue weighted by Crippen LogP contribution is -2.04. The first-order chi connectivity index (χ1) is 8.86. The SMILES string of the molecule is Clc1ccccc1C(c1ccc[nH]1)c1ccc[nH]1. The lowest BCUT2D eigenvalue weighted by molar-refractivity contribution is 0.898. The molecule has 2 nitrogen and oxygen atoms in total. The fraction of sp³-hybridized carbons (Fsp3) is 0.0667. The first-order valence-electron chi connectivity index (χ1n) is 5.87. The van der Waals surface area contributed by atoms with E-state index in [0.717, 1.165) is 22.0 Å². The molecule has 0 fully saturated rings. The van der Waals surface area contributed by atoms with E-state index in [1.165, 1.54) is 0 Å². The van der Waals surface area contributed by atoms with Crippen LogP contribution < -0.4 is 0 Å². The van der Waals surface area contributed by atoms with Crippen molar-refractivity contribution in [3.63, 3.8) is 0 Å². The number of aromatic amines is 2. The normalized spacial score (nSPS) is 11.0. The Morgan fingerprint density at radius 2 is 1.39 bits per heavy atom. The summed E-state index contributed by atoms with van der Waals surface area (Å²) in [6, 6.07) is 16.1. The average Bonchev–Trinajstić information content (AvgIpc) is 3.05. The van der Waals surface area contributed by atoms with Crippen molar-refractivity contribution in [2.75, 3.05) is 0 Å². The Bertz CT molecular complexity index is 578. The van der Waals surface area contributed by atoms with Crippen molar-refractivity contribution in [2.45, 2.75) is 5.92 Å². The van der Waals surface area contributed by atoms with Crippen LogP contribution in [0.2, 0.25) is 5.02 Å². The standard InChI is InChI=1S/C15H13ClN2/c16-12-6-2-1-5-11(12)15(13-7-3-9-17-13)14-8-4-10-18-14/h1-10,15,17-18H. The molecule has 0 spiro atoms. The van der Waals surface area contributed by atoms with Crippen LogP contribution in [0.15, 0.2) is 60.9 Å². The summed E-state index contributed by atoms with van der Waals surface area (Å²) in [5, 5.41) is 0.784. The molecule has 0 saturated heterocycles. The zero-order valence-electron chi connectivity index (χ0n) is 9.73. The van der Waals surface area contributed by atoms with Gasteiger partial charge in [0.25, 0.3) is 0 Å². The summed E-state index contributed by atoms with van der Waals surface area (Å²) in [6.07, 6.45) is 3.87. The van der Waals surface area contributed by atoms with Crippen LogP contribution in [0.4, 0.5) is 0 Å². The number of halogens is 1. The van der Waals surface area contributed by atoms with E-state index in [0.29, 0.717) is 0 Å². The average molecular weight is 257 g/mol. The van der Waals surface area contributed by atoms with E-state index in [1.54, 1.807) is 0 Å². The first-order valence-corrected chi connectivity index (χ1v) is 6.25. The van der Waals surface area contributed by atoms with Gasteiger partial charge in [0, 0.05) is 28.8 Å². The third-order valence-electron chi connectivity index (χ3n) is 3.08. The molecule has 18 heavy (non-hydrogen) atoms. The smallest absolute Gasteiger partial charge is 0.0655 e. The van der Waals surface area contributed by atoms with Crippen molar-refractivity contribution >= 4 is 11.6 Å². The van der Waals surface area contributed by atoms with Gasteiger partial charge >= 0.3 is 0 Å². The highest BCUT2D eigenvalue weighted by molar-refractivity contribution is 6.31. The molecule has 90 valence electrons. The summed E-state index contributed by atoms with van der Waals surface area (Å²) in [7, 11) is 0. The van der Waals surface area contributed by atoms with Crippen LogP contribution in [0.5, 0.6) is 0 Å². The number of hydrogen-bond donors (Lipinski definition) is 2. The van der Waals surface area contributed by atoms with Crippen LogP contribution in [0, 0.1) is 0 Å². The van der Waals surface area contributed by atoms with Crippen LogP contribution >= 0.6 is 11.6 Å². The molecule has 1 aromatic carbocycles. The molecule has 0 aliphatic carbocycles. The summed E-state index contributed by atoms with van der Waals surface area (Å²) >= 11 is 6.33. The minimum atomic E-state index is 0.115. The molecule has 2 heterocycles. The third-order valence-corrected chi connectivity index (χ3v) is 3.43. The summed E-state index contributed by atoms with van der Waals surface area (Å²) in [4.78, 5) is 6.55. The number of hydrogen-bond acceptors (Lipinski definition) is 0. The molecule has 3 aromatic rings. The Labute approximate surface area is 111 Å². The van der Waals surface area contributed by atoms with Crippen LogP contribution in [0.1, 0.15) is 22.9 Å². The van der Waals surface area contributed by atoms with E-state index in [-0.39, 0.29) is 5.92 Å². The molecule has 0 aliphatic heterocycles. The maximum Gasteiger partial charge on any atom is 0.0655 e. The molecule has 2 aromatic heterocycles. The predicted octanol–water partition coefficient (Wildman–Crippen LogP) is 4.18. The molecule has 0 atom stereocenters. The van der Waals surface area contributed by atoms with Gasteiger partial charge in [0.1, 0.15) is 0 Å². The number of rotatable bonds is 3. The van der Waals surface area contributed by atoms with Crippen molar-refractivity contribution in [3.05, 3.63) is 82.9 Å². The van der Waals surface area contributed by atoms with Crippen molar-refractivity contribution < 1.29 is 0 Å². The fourth-order valence-corrected chi connectivity index (χ4v) is 2.50. The van der Waals surface area contributed by atoms with Gasteiger partial charge in [-0.2, -0.15) is 0 Å². The second kappa shape index (κ2) is 4.75. The molecule has 2 N–H and O–H groups in total. The molecule has 3 rings (SSSR count). The Kier molecular flexibility index (Phi) is 2.95. The molecular formula is C15H13ClN2. The van der Waals surface area contributed by atoms with Crippen molar-refractivity contribution in [1.29, 1.82) is 0 Å². The number of H-pyrrole nitrogens is 2. The van der Waals surface area contributed by atoms with E-state index < -0.39 is 0 Å². The van der Waals surface area contributed by atoms with Gasteiger partial charge < -0.3 is 9.97 Å². The Balaban J connectivity index is 2.15. The highest BCUT2D eigenvalue weighted by Gasteiger charge is 2.20. The van der Waals surface area contributed by atoms with E-state index in [2.05, 4.69) is 28.2 Å². The molecule has 0 aliphatic rings. The molecule has 0 radical (unpaired) electrons. The zero-order chi connectivity index (χ0) is 12.4. The molecule has 0 unspecified atom stereocenters. The van der Waals surface area contributed by atoms with Crippen LogP contribution in [0.25, 0.3) is 0 Å². The van der Waals surface area contributed by atoms with E-state index in [1.807, 2.05) is 42.7 Å². The van der Waals surface area contributed by atoms with Gasteiger partial charge in [0.15, 0.2) is 0 Å². The highest BCUT2D eigenvalue weighted by atomic mass is 35.5. The van der Waals surface area contributed by atoms with Crippen molar-refractivity contribution in [3.8, 4) is 0 Å². The van der Waals surface area contributed by atoms with Crippen molar-refractivity contribution in [2.24, 2.45) is 0 Å². The highest BCUT2D eigenvalue weighted by Crippen LogP contribution is 2.33. The monoisotopic (exact) mass is 256 g/mol. The fourth-order valence-electron chi connectivity index (χ4n) is 2.26. The lowest BCUT2D eigenvalue weighted by Gasteiger charge is -2.16. The zero-order valence-corrected chi connectivity index (χ0v) is 10.5. The van der Waals surface area contributed by atoms with Gasteiger partial charge in [-0.25, -0.2) is 0 Å². The van der Waals surface area contributed by atoms with Gasteiger partial charge in [-0.05, 0) is 35.9 Å². The van der Waals surface area contributed by atoms with Gasteiger partial charge in [0.05, 0.1) is 5.92 Å². The predicted molar refractivity (Wildman–Crippen MR) is 74.0 cm³/mol. The van der Waals surface area contributed by atoms with E-state index in [9.17, 15) is 0 Å². The quantitative estimate of drug-likeness (QED) is 0.705. The number of aromatic nitrogens is 2. The molecular weight excluding hydrogens is 244 g/mol. The first kappa shape index (κ1) is 11.2. The molecule has 0 saturated carbocycles. The summed E-state index contributed by atoms with van der Waals surface area (Å²) in [6.45, 7) is 0. The van der Waals surface area contributed by atoms with Gasteiger partial charge in [0.2, 0.25) is 0 Å². The van der Waals surface area contributed by atoms with Gasteiger partial charge in [-0.1, -0.05) is 29.8 Å². The minimum Gasteiger partial charge on any atom is -0.364 e. The summed E-state index contributed by atoms with van der Waals surface area (Å²) in [5.41, 5.74) is 3.36. The summed E-state index contributed by atoms with van der Waals surface area (Å²) in [5.74, 6) is 0.115. The maximum atomic E-state index is 6.33. The largest absolute Gasteiger partial charge is 0.364 e. The Morgan fingerprint density at radius 1 is 0.778 bits per heavy atom. The maximum absolute atomic E-state index is 6.33. The van der Waals surface area contributed by atoms with Crippen LogP contribution in [0.3, 0.4) is 0 Å². The third kappa shape index (κ3) is 1.95. The second-order valence-corrected chi connectivity index (χ2v) is 4.61. The van der Waals surface area contributed by atoms with Gasteiger partial charge in [-0.15, -0.1) is 0 Å². The molecule has 0 bridgehead atoms. The van der Waals surface area contributed by atoms with Gasteiger partial charge in [-0.3, -0.25) is 0 Å². The van der Waals surface area contributed by atoms with E-state index >= 15 is 0 Å². The number of nitrogens with one attached hydrogen (secondary N) is 2. The lowest BCUT2D eigenvalue weighted by atomic mass is 9.92. The van der Waals surface area contributed by atoms with Crippen molar-refractivity contribution in [1.82, 2.24) is 9.97 Å². The molecule has 0 amide bonds. The minimum absolute atomic E-state index is 0.115. The summed E-state index contributed by atoms with van der Waals surface area (Å²) < 4.78 is 0. The van der Waals surface area contributed by atoms with E-state index in [4.69, 9.17) is 11.6 Å².